The molecule has 0 bridgehead atoms. The second kappa shape index (κ2) is 9.56. The molecule has 1 atom stereocenters. The van der Waals surface area contributed by atoms with Crippen LogP contribution in [0, 0.1) is 26.6 Å². The van der Waals surface area contributed by atoms with Crippen molar-refractivity contribution in [2.24, 2.45) is 0 Å². The summed E-state index contributed by atoms with van der Waals surface area (Å²) < 4.78 is 19.5. The van der Waals surface area contributed by atoms with E-state index >= 15 is 0 Å². The number of halogens is 1. The summed E-state index contributed by atoms with van der Waals surface area (Å²) in [6.45, 7) is 14.0. The summed E-state index contributed by atoms with van der Waals surface area (Å²) >= 11 is 0. The van der Waals surface area contributed by atoms with Gasteiger partial charge in [-0.3, -0.25) is 4.90 Å². The Labute approximate surface area is 207 Å². The van der Waals surface area contributed by atoms with Crippen LogP contribution in [0.25, 0.3) is 11.1 Å². The first-order chi connectivity index (χ1) is 16.4. The molecule has 1 aliphatic rings. The Hall–Kier alpha value is -3.02. The average Bonchev–Trinajstić information content (AvgIpc) is 3.21. The fraction of sp³-hybridized carbons (Fsp3) is 0.367. The zero-order valence-electron chi connectivity index (χ0n) is 21.4. The van der Waals surface area contributed by atoms with Crippen LogP contribution < -0.4 is 0 Å². The van der Waals surface area contributed by atoms with Crippen molar-refractivity contribution < 1.29 is 19.0 Å². The Morgan fingerprint density at radius 1 is 0.971 bits per heavy atom. The largest absolute Gasteiger partial charge is 0.479 e. The summed E-state index contributed by atoms with van der Waals surface area (Å²) in [4.78, 5) is 14.9. The molecule has 35 heavy (non-hydrogen) atoms. The maximum Gasteiger partial charge on any atom is 0.337 e. The van der Waals surface area contributed by atoms with Gasteiger partial charge in [-0.1, -0.05) is 42.0 Å². The van der Waals surface area contributed by atoms with Gasteiger partial charge in [-0.05, 0) is 92.6 Å². The van der Waals surface area contributed by atoms with Gasteiger partial charge < -0.3 is 9.84 Å². The Balaban J connectivity index is 1.85. The highest BCUT2D eigenvalue weighted by Gasteiger charge is 2.35. The molecule has 5 heteroatoms. The van der Waals surface area contributed by atoms with E-state index in [9.17, 15) is 14.3 Å². The molecule has 4 nitrogen and oxygen atoms in total. The van der Waals surface area contributed by atoms with E-state index in [0.717, 1.165) is 45.5 Å². The summed E-state index contributed by atoms with van der Waals surface area (Å²) in [6, 6.07) is 14.9. The standard InChI is InChI=1S/C30H34FNO3/c1-18-7-11-22(12-8-18)26-19(2)24-16-32(15-21-9-13-23(31)14-10-21)17-25(24)20(3)27(26)28(29(33)34)35-30(4,5)6/h7-14,28H,15-17H2,1-6H3,(H,33,34)/t28-/m0/s1. The molecule has 1 N–H and O–H groups in total. The second-order valence-corrected chi connectivity index (χ2v) is 10.6. The minimum atomic E-state index is -1.08. The van der Waals surface area contributed by atoms with Crippen LogP contribution in [0.3, 0.4) is 0 Å². The SMILES string of the molecule is Cc1ccc(-c2c(C)c3c(c(C)c2[C@H](OC(C)(C)C)C(=O)O)CN(Cc2ccc(F)cc2)C3)cc1. The summed E-state index contributed by atoms with van der Waals surface area (Å²) in [6.07, 6.45) is -1.08. The lowest BCUT2D eigenvalue weighted by atomic mass is 9.83. The van der Waals surface area contributed by atoms with Crippen LogP contribution >= 0.6 is 0 Å². The molecule has 184 valence electrons. The average molecular weight is 476 g/mol. The maximum atomic E-state index is 13.4. The lowest BCUT2D eigenvalue weighted by molar-refractivity contribution is -0.160. The van der Waals surface area contributed by atoms with E-state index in [4.69, 9.17) is 4.74 Å². The fourth-order valence-corrected chi connectivity index (χ4v) is 5.05. The minimum absolute atomic E-state index is 0.240. The van der Waals surface area contributed by atoms with Gasteiger partial charge in [0, 0.05) is 25.2 Å². The molecule has 0 fully saturated rings. The fourth-order valence-electron chi connectivity index (χ4n) is 5.05. The van der Waals surface area contributed by atoms with Gasteiger partial charge in [0.05, 0.1) is 5.60 Å². The number of rotatable bonds is 6. The normalized spacial score (nSPS) is 14.7. The highest BCUT2D eigenvalue weighted by molar-refractivity contribution is 5.84. The molecular weight excluding hydrogens is 441 g/mol. The van der Waals surface area contributed by atoms with Crippen molar-refractivity contribution >= 4 is 5.97 Å². The van der Waals surface area contributed by atoms with E-state index in [0.29, 0.717) is 13.1 Å². The van der Waals surface area contributed by atoms with Crippen molar-refractivity contribution in [1.29, 1.82) is 0 Å². The highest BCUT2D eigenvalue weighted by atomic mass is 19.1. The molecule has 3 aromatic rings. The van der Waals surface area contributed by atoms with Crippen LogP contribution in [-0.2, 0) is 29.2 Å². The predicted octanol–water partition coefficient (Wildman–Crippen LogP) is 6.87. The molecule has 4 rings (SSSR count). The summed E-state index contributed by atoms with van der Waals surface area (Å²) in [5, 5.41) is 10.3. The number of fused-ring (bicyclic) bond motifs is 1. The lowest BCUT2D eigenvalue weighted by Gasteiger charge is -2.30. The van der Waals surface area contributed by atoms with Gasteiger partial charge >= 0.3 is 5.97 Å². The van der Waals surface area contributed by atoms with Gasteiger partial charge in [-0.15, -0.1) is 0 Å². The number of hydrogen-bond donors (Lipinski definition) is 1. The topological polar surface area (TPSA) is 49.8 Å². The van der Waals surface area contributed by atoms with E-state index in [1.54, 1.807) is 0 Å². The predicted molar refractivity (Wildman–Crippen MR) is 137 cm³/mol. The van der Waals surface area contributed by atoms with Crippen LogP contribution in [0.15, 0.2) is 48.5 Å². The molecular formula is C30H34FNO3. The highest BCUT2D eigenvalue weighted by Crippen LogP contribution is 2.43. The molecule has 1 heterocycles. The summed E-state index contributed by atoms with van der Waals surface area (Å²) in [7, 11) is 0. The second-order valence-electron chi connectivity index (χ2n) is 10.6. The number of carboxylic acids is 1. The number of aliphatic carboxylic acids is 1. The van der Waals surface area contributed by atoms with E-state index < -0.39 is 17.7 Å². The summed E-state index contributed by atoms with van der Waals surface area (Å²) in [5.74, 6) is -1.23. The van der Waals surface area contributed by atoms with E-state index in [1.165, 1.54) is 23.3 Å². The number of carboxylic acid groups (broad SMARTS) is 1. The first kappa shape index (κ1) is 25.1. The van der Waals surface area contributed by atoms with Gasteiger partial charge in [-0.25, -0.2) is 9.18 Å². The van der Waals surface area contributed by atoms with Crippen molar-refractivity contribution in [2.75, 3.05) is 0 Å². The molecule has 0 saturated carbocycles. The van der Waals surface area contributed by atoms with Crippen LogP contribution in [0.4, 0.5) is 4.39 Å². The molecule has 0 aromatic heterocycles. The van der Waals surface area contributed by atoms with Crippen LogP contribution in [0.5, 0.6) is 0 Å². The van der Waals surface area contributed by atoms with Gasteiger partial charge in [-0.2, -0.15) is 0 Å². The van der Waals surface area contributed by atoms with Crippen molar-refractivity contribution in [3.8, 4) is 11.1 Å². The number of ether oxygens (including phenoxy) is 1. The molecule has 0 amide bonds. The molecule has 0 spiro atoms. The number of aryl methyl sites for hydroxylation is 1. The van der Waals surface area contributed by atoms with Crippen LogP contribution in [-0.4, -0.2) is 21.6 Å². The zero-order valence-corrected chi connectivity index (χ0v) is 21.4. The number of nitrogens with zero attached hydrogens (tertiary/aromatic N) is 1. The zero-order chi connectivity index (χ0) is 25.5. The molecule has 0 unspecified atom stereocenters. The Morgan fingerprint density at radius 3 is 2.09 bits per heavy atom. The molecule has 0 saturated heterocycles. The number of benzene rings is 3. The van der Waals surface area contributed by atoms with Gasteiger partial charge in [0.1, 0.15) is 5.82 Å². The van der Waals surface area contributed by atoms with Crippen molar-refractivity contribution in [3.05, 3.63) is 93.3 Å². The number of hydrogen-bond acceptors (Lipinski definition) is 3. The monoisotopic (exact) mass is 475 g/mol. The van der Waals surface area contributed by atoms with Gasteiger partial charge in [0.25, 0.3) is 0 Å². The van der Waals surface area contributed by atoms with Gasteiger partial charge in [0.2, 0.25) is 0 Å². The Morgan fingerprint density at radius 2 is 1.54 bits per heavy atom. The van der Waals surface area contributed by atoms with Crippen LogP contribution in [0.2, 0.25) is 0 Å². The van der Waals surface area contributed by atoms with E-state index in [1.807, 2.05) is 46.8 Å². The Bertz CT molecular complexity index is 1240. The first-order valence-corrected chi connectivity index (χ1v) is 12.0. The minimum Gasteiger partial charge on any atom is -0.479 e. The Kier molecular flexibility index (Phi) is 6.85. The van der Waals surface area contributed by atoms with E-state index in [-0.39, 0.29) is 5.82 Å². The van der Waals surface area contributed by atoms with Crippen molar-refractivity contribution in [1.82, 2.24) is 4.90 Å². The smallest absolute Gasteiger partial charge is 0.337 e. The third-order valence-corrected chi connectivity index (χ3v) is 6.70. The molecule has 1 aliphatic heterocycles. The quantitative estimate of drug-likeness (QED) is 0.422. The first-order valence-electron chi connectivity index (χ1n) is 12.0. The molecule has 3 aromatic carbocycles. The molecule has 0 radical (unpaired) electrons. The third kappa shape index (κ3) is 5.31. The van der Waals surface area contributed by atoms with E-state index in [2.05, 4.69) is 36.1 Å². The lowest BCUT2D eigenvalue weighted by Crippen LogP contribution is -2.28. The summed E-state index contributed by atoms with van der Waals surface area (Å²) in [5.41, 5.74) is 8.72. The van der Waals surface area contributed by atoms with Crippen molar-refractivity contribution in [3.63, 3.8) is 0 Å². The van der Waals surface area contributed by atoms with Crippen LogP contribution in [0.1, 0.15) is 65.8 Å². The van der Waals surface area contributed by atoms with Gasteiger partial charge in [0.15, 0.2) is 6.10 Å². The molecule has 0 aliphatic carbocycles. The third-order valence-electron chi connectivity index (χ3n) is 6.70. The number of carbonyl (C=O) groups is 1. The maximum absolute atomic E-state index is 13.4. The van der Waals surface area contributed by atoms with Crippen molar-refractivity contribution in [2.45, 2.75) is 72.9 Å².